The van der Waals surface area contributed by atoms with Crippen molar-refractivity contribution in [3.63, 3.8) is 0 Å². The Hall–Kier alpha value is -1.31. The molecular formula is C15H19N3O2S2. The summed E-state index contributed by atoms with van der Waals surface area (Å²) < 4.78 is 5.61. The predicted molar refractivity (Wildman–Crippen MR) is 86.7 cm³/mol. The van der Waals surface area contributed by atoms with Crippen molar-refractivity contribution in [3.8, 4) is 0 Å². The first-order valence-electron chi connectivity index (χ1n) is 7.45. The van der Waals surface area contributed by atoms with E-state index in [9.17, 15) is 4.79 Å². The van der Waals surface area contributed by atoms with Crippen molar-refractivity contribution >= 4 is 28.6 Å². The average Bonchev–Trinajstić information content (AvgIpc) is 3.27. The van der Waals surface area contributed by atoms with Crippen molar-refractivity contribution in [2.45, 2.75) is 44.9 Å². The Kier molecular flexibility index (Phi) is 5.53. The molecule has 0 N–H and O–H groups in total. The first-order chi connectivity index (χ1) is 10.8. The van der Waals surface area contributed by atoms with Crippen molar-refractivity contribution in [3.05, 3.63) is 33.2 Å². The van der Waals surface area contributed by atoms with Crippen molar-refractivity contribution in [2.24, 2.45) is 0 Å². The van der Waals surface area contributed by atoms with Crippen LogP contribution in [0.1, 0.15) is 35.4 Å². The van der Waals surface area contributed by atoms with Gasteiger partial charge in [-0.3, -0.25) is 14.8 Å². The van der Waals surface area contributed by atoms with Crippen LogP contribution in [-0.4, -0.2) is 33.5 Å². The fourth-order valence-electron chi connectivity index (χ4n) is 2.56. The lowest BCUT2D eigenvalue weighted by molar-refractivity contribution is -0.133. The molecule has 1 atom stereocenters. The van der Waals surface area contributed by atoms with Gasteiger partial charge < -0.3 is 9.64 Å². The predicted octanol–water partition coefficient (Wildman–Crippen LogP) is 3.09. The largest absolute Gasteiger partial charge is 0.378 e. The average molecular weight is 337 g/mol. The number of carbonyl (C=O) groups is 1. The molecule has 1 unspecified atom stereocenters. The van der Waals surface area contributed by atoms with Gasteiger partial charge in [-0.1, -0.05) is 0 Å². The summed E-state index contributed by atoms with van der Waals surface area (Å²) in [6.07, 6.45) is 7.48. The molecule has 1 amide bonds. The van der Waals surface area contributed by atoms with E-state index in [2.05, 4.69) is 9.97 Å². The zero-order chi connectivity index (χ0) is 15.2. The third-order valence-corrected chi connectivity index (χ3v) is 5.25. The Morgan fingerprint density at radius 2 is 1.91 bits per heavy atom. The minimum atomic E-state index is 0.178. The van der Waals surface area contributed by atoms with E-state index in [1.54, 1.807) is 33.7 Å². The maximum atomic E-state index is 12.6. The van der Waals surface area contributed by atoms with Crippen molar-refractivity contribution in [1.29, 1.82) is 0 Å². The van der Waals surface area contributed by atoms with Gasteiger partial charge in [0.1, 0.15) is 0 Å². The zero-order valence-electron chi connectivity index (χ0n) is 12.3. The van der Waals surface area contributed by atoms with E-state index in [4.69, 9.17) is 4.74 Å². The number of aromatic nitrogens is 2. The van der Waals surface area contributed by atoms with Crippen LogP contribution in [0.4, 0.5) is 0 Å². The number of ether oxygens (including phenoxy) is 1. The second kappa shape index (κ2) is 7.80. The van der Waals surface area contributed by atoms with Crippen LogP contribution in [0.5, 0.6) is 0 Å². The Morgan fingerprint density at radius 1 is 1.23 bits per heavy atom. The molecule has 118 valence electrons. The molecule has 22 heavy (non-hydrogen) atoms. The molecule has 2 aromatic rings. The molecule has 1 fully saturated rings. The number of hydrogen-bond donors (Lipinski definition) is 0. The summed E-state index contributed by atoms with van der Waals surface area (Å²) in [5.74, 6) is 0.178. The standard InChI is InChI=1S/C15H19N3O2S2/c19-15(4-3-12-2-1-5-20-12)18(8-13-6-16-10-21-13)9-14-7-17-11-22-14/h6-7,10-12H,1-5,8-9H2. The normalized spacial score (nSPS) is 17.7. The highest BCUT2D eigenvalue weighted by Gasteiger charge is 2.20. The number of nitrogens with zero attached hydrogens (tertiary/aromatic N) is 3. The second-order valence-corrected chi connectivity index (χ2v) is 7.30. The first kappa shape index (κ1) is 15.6. The monoisotopic (exact) mass is 337 g/mol. The molecule has 0 radical (unpaired) electrons. The minimum Gasteiger partial charge on any atom is -0.378 e. The first-order valence-corrected chi connectivity index (χ1v) is 9.21. The van der Waals surface area contributed by atoms with Gasteiger partial charge >= 0.3 is 0 Å². The topological polar surface area (TPSA) is 55.3 Å². The maximum Gasteiger partial charge on any atom is 0.223 e. The van der Waals surface area contributed by atoms with Gasteiger partial charge in [-0.2, -0.15) is 0 Å². The smallest absolute Gasteiger partial charge is 0.223 e. The number of rotatable bonds is 7. The highest BCUT2D eigenvalue weighted by Crippen LogP contribution is 2.20. The summed E-state index contributed by atoms with van der Waals surface area (Å²) >= 11 is 3.17. The van der Waals surface area contributed by atoms with Crippen LogP contribution >= 0.6 is 22.7 Å². The number of carbonyl (C=O) groups excluding carboxylic acids is 1. The number of thiazole rings is 2. The van der Waals surface area contributed by atoms with Crippen LogP contribution in [0.2, 0.25) is 0 Å². The van der Waals surface area contributed by atoms with E-state index >= 15 is 0 Å². The fourth-order valence-corrected chi connectivity index (χ4v) is 3.78. The lowest BCUT2D eigenvalue weighted by Gasteiger charge is -2.22. The molecular weight excluding hydrogens is 318 g/mol. The number of amides is 1. The molecule has 0 aromatic carbocycles. The van der Waals surface area contributed by atoms with E-state index in [1.165, 1.54) is 0 Å². The molecule has 3 heterocycles. The van der Waals surface area contributed by atoms with E-state index < -0.39 is 0 Å². The molecule has 0 saturated carbocycles. The van der Waals surface area contributed by atoms with Crippen LogP contribution in [0, 0.1) is 0 Å². The van der Waals surface area contributed by atoms with Gasteiger partial charge in [-0.05, 0) is 19.3 Å². The van der Waals surface area contributed by atoms with Crippen LogP contribution in [0.15, 0.2) is 23.4 Å². The molecule has 1 saturated heterocycles. The van der Waals surface area contributed by atoms with Crippen LogP contribution in [0.25, 0.3) is 0 Å². The Labute approximate surface area is 138 Å². The highest BCUT2D eigenvalue weighted by atomic mass is 32.1. The Morgan fingerprint density at radius 3 is 2.41 bits per heavy atom. The molecule has 1 aliphatic heterocycles. The minimum absolute atomic E-state index is 0.178. The van der Waals surface area contributed by atoms with Crippen molar-refractivity contribution in [2.75, 3.05) is 6.61 Å². The molecule has 1 aliphatic rings. The molecule has 3 rings (SSSR count). The van der Waals surface area contributed by atoms with E-state index in [0.717, 1.165) is 35.6 Å². The highest BCUT2D eigenvalue weighted by molar-refractivity contribution is 7.09. The van der Waals surface area contributed by atoms with Gasteiger partial charge in [0.25, 0.3) is 0 Å². The maximum absolute atomic E-state index is 12.6. The zero-order valence-corrected chi connectivity index (χ0v) is 13.9. The summed E-state index contributed by atoms with van der Waals surface area (Å²) in [6.45, 7) is 2.07. The third-order valence-electron chi connectivity index (χ3n) is 3.72. The van der Waals surface area contributed by atoms with Crippen LogP contribution < -0.4 is 0 Å². The fraction of sp³-hybridized carbons (Fsp3) is 0.533. The summed E-state index contributed by atoms with van der Waals surface area (Å²) in [5, 5.41) is 0. The van der Waals surface area contributed by atoms with Gasteiger partial charge in [-0.15, -0.1) is 22.7 Å². The van der Waals surface area contributed by atoms with Gasteiger partial charge in [-0.25, -0.2) is 0 Å². The van der Waals surface area contributed by atoms with Crippen LogP contribution in [0.3, 0.4) is 0 Å². The number of hydrogen-bond acceptors (Lipinski definition) is 6. The Bertz CT molecular complexity index is 529. The molecule has 0 aliphatic carbocycles. The third kappa shape index (κ3) is 4.34. The lowest BCUT2D eigenvalue weighted by Crippen LogP contribution is -2.30. The molecule has 5 nitrogen and oxygen atoms in total. The van der Waals surface area contributed by atoms with Crippen LogP contribution in [-0.2, 0) is 22.6 Å². The summed E-state index contributed by atoms with van der Waals surface area (Å²) in [6, 6.07) is 0. The van der Waals surface area contributed by atoms with Gasteiger partial charge in [0.2, 0.25) is 5.91 Å². The molecule has 0 spiro atoms. The van der Waals surface area contributed by atoms with E-state index in [-0.39, 0.29) is 12.0 Å². The summed E-state index contributed by atoms with van der Waals surface area (Å²) in [4.78, 5) is 24.9. The lowest BCUT2D eigenvalue weighted by atomic mass is 10.1. The van der Waals surface area contributed by atoms with E-state index in [1.807, 2.05) is 17.3 Å². The molecule has 0 bridgehead atoms. The summed E-state index contributed by atoms with van der Waals surface area (Å²) in [7, 11) is 0. The molecule has 7 heteroatoms. The Balaban J connectivity index is 1.59. The van der Waals surface area contributed by atoms with Crippen molar-refractivity contribution < 1.29 is 9.53 Å². The SMILES string of the molecule is O=C(CCC1CCCO1)N(Cc1cncs1)Cc1cncs1. The summed E-state index contributed by atoms with van der Waals surface area (Å²) in [5.41, 5.74) is 3.61. The van der Waals surface area contributed by atoms with Gasteiger partial charge in [0.15, 0.2) is 0 Å². The van der Waals surface area contributed by atoms with E-state index in [0.29, 0.717) is 19.5 Å². The molecule has 2 aromatic heterocycles. The van der Waals surface area contributed by atoms with Gasteiger partial charge in [0, 0.05) is 35.2 Å². The second-order valence-electron chi connectivity index (χ2n) is 5.36. The van der Waals surface area contributed by atoms with Crippen molar-refractivity contribution in [1.82, 2.24) is 14.9 Å². The quantitative estimate of drug-likeness (QED) is 0.779. The van der Waals surface area contributed by atoms with Gasteiger partial charge in [0.05, 0.1) is 30.2 Å².